The van der Waals surface area contributed by atoms with Crippen molar-refractivity contribution < 1.29 is 36.2 Å². The van der Waals surface area contributed by atoms with Crippen molar-refractivity contribution in [1.29, 1.82) is 0 Å². The van der Waals surface area contributed by atoms with E-state index < -0.39 is 7.82 Å². The standard InChI is InChI=1S/C21H38N.ClH.H3O4P/c1-2-3-4-5-6-7-8-9-10-11-12-13-14-16-19-22-20-17-15-18-21-22;;1-5(2,3)4/h15,17-18,20-21H,2-14,16,19H2,1H3;1H;(H3,1,2,3,4)/q+1;;/p-1. The van der Waals surface area contributed by atoms with Crippen molar-refractivity contribution in [2.75, 3.05) is 0 Å². The Morgan fingerprint density at radius 2 is 0.964 bits per heavy atom. The monoisotopic (exact) mass is 437 g/mol. The highest BCUT2D eigenvalue weighted by Gasteiger charge is 2.00. The lowest BCUT2D eigenvalue weighted by Crippen LogP contribution is -3.00. The number of aromatic nitrogens is 1. The van der Waals surface area contributed by atoms with Crippen LogP contribution in [0.1, 0.15) is 96.8 Å². The first-order chi connectivity index (χ1) is 12.9. The SMILES string of the molecule is CCCCCCCCCCCCCCCC[n+]1ccccc1.O=P(O)(O)O.[Cl-]. The number of halogens is 1. The Morgan fingerprint density at radius 1 is 0.643 bits per heavy atom. The fraction of sp³-hybridized carbons (Fsp3) is 0.762. The van der Waals surface area contributed by atoms with E-state index in [0.717, 1.165) is 0 Å². The second-order valence-corrected chi connectivity index (χ2v) is 8.25. The molecule has 0 spiro atoms. The van der Waals surface area contributed by atoms with Crippen LogP contribution < -0.4 is 17.0 Å². The summed E-state index contributed by atoms with van der Waals surface area (Å²) in [6, 6.07) is 6.31. The average molecular weight is 438 g/mol. The molecule has 0 radical (unpaired) electrons. The van der Waals surface area contributed by atoms with Crippen LogP contribution in [-0.4, -0.2) is 14.7 Å². The number of unbranched alkanes of at least 4 members (excludes halogenated alkanes) is 13. The fourth-order valence-corrected chi connectivity index (χ4v) is 3.07. The highest BCUT2D eigenvalue weighted by molar-refractivity contribution is 7.45. The van der Waals surface area contributed by atoms with Crippen LogP contribution in [0.15, 0.2) is 30.6 Å². The lowest BCUT2D eigenvalue weighted by Gasteiger charge is -2.02. The predicted molar refractivity (Wildman–Crippen MR) is 111 cm³/mol. The van der Waals surface area contributed by atoms with Crippen LogP contribution >= 0.6 is 7.82 Å². The van der Waals surface area contributed by atoms with Crippen LogP contribution in [-0.2, 0) is 11.1 Å². The van der Waals surface area contributed by atoms with Crippen molar-refractivity contribution >= 4 is 7.82 Å². The van der Waals surface area contributed by atoms with Crippen molar-refractivity contribution in [3.63, 3.8) is 0 Å². The summed E-state index contributed by atoms with van der Waals surface area (Å²) in [5.74, 6) is 0. The van der Waals surface area contributed by atoms with Crippen LogP contribution in [0, 0.1) is 0 Å². The number of hydrogen-bond donors (Lipinski definition) is 3. The molecule has 0 saturated carbocycles. The van der Waals surface area contributed by atoms with Gasteiger partial charge in [-0.05, 0) is 6.42 Å². The molecule has 0 aliphatic heterocycles. The van der Waals surface area contributed by atoms with Gasteiger partial charge >= 0.3 is 7.82 Å². The minimum atomic E-state index is -4.64. The molecule has 166 valence electrons. The van der Waals surface area contributed by atoms with Crippen molar-refractivity contribution in [2.45, 2.75) is 103 Å². The third-order valence-electron chi connectivity index (χ3n) is 4.55. The summed E-state index contributed by atoms with van der Waals surface area (Å²) in [6.45, 7) is 3.47. The summed E-state index contributed by atoms with van der Waals surface area (Å²) < 4.78 is 11.2. The Kier molecular flexibility index (Phi) is 22.6. The van der Waals surface area contributed by atoms with Gasteiger partial charge in [-0.25, -0.2) is 9.13 Å². The van der Waals surface area contributed by atoms with Gasteiger partial charge in [-0.15, -0.1) is 0 Å². The summed E-state index contributed by atoms with van der Waals surface area (Å²) in [5.41, 5.74) is 0. The maximum Gasteiger partial charge on any atom is 0.466 e. The minimum Gasteiger partial charge on any atom is -1.00 e. The number of nitrogens with zero attached hydrogens (tertiary/aromatic N) is 1. The van der Waals surface area contributed by atoms with Gasteiger partial charge in [0.2, 0.25) is 0 Å². The molecular weight excluding hydrogens is 397 g/mol. The molecule has 0 saturated heterocycles. The Morgan fingerprint density at radius 3 is 1.32 bits per heavy atom. The van der Waals surface area contributed by atoms with Crippen LogP contribution in [0.2, 0.25) is 0 Å². The molecule has 28 heavy (non-hydrogen) atoms. The Bertz CT molecular complexity index is 462. The molecule has 5 nitrogen and oxygen atoms in total. The third-order valence-corrected chi connectivity index (χ3v) is 4.55. The summed E-state index contributed by atoms with van der Waals surface area (Å²) in [4.78, 5) is 21.6. The maximum atomic E-state index is 8.88. The van der Waals surface area contributed by atoms with Crippen molar-refractivity contribution in [1.82, 2.24) is 0 Å². The van der Waals surface area contributed by atoms with Crippen LogP contribution in [0.4, 0.5) is 0 Å². The number of phosphoric acid groups is 1. The number of pyridine rings is 1. The number of aryl methyl sites for hydroxylation is 1. The summed E-state index contributed by atoms with van der Waals surface area (Å²) in [6.07, 6.45) is 24.4. The number of hydrogen-bond acceptors (Lipinski definition) is 1. The third kappa shape index (κ3) is 27.8. The molecule has 1 rings (SSSR count). The van der Waals surface area contributed by atoms with E-state index in [-0.39, 0.29) is 12.4 Å². The maximum absolute atomic E-state index is 8.88. The molecule has 0 fully saturated rings. The molecule has 0 unspecified atom stereocenters. The zero-order valence-corrected chi connectivity index (χ0v) is 19.2. The molecule has 3 N–H and O–H groups in total. The van der Waals surface area contributed by atoms with E-state index in [1.807, 2.05) is 0 Å². The van der Waals surface area contributed by atoms with Crippen LogP contribution in [0.5, 0.6) is 0 Å². The highest BCUT2D eigenvalue weighted by atomic mass is 35.5. The minimum absolute atomic E-state index is 0. The predicted octanol–water partition coefficient (Wildman–Crippen LogP) is 2.53. The van der Waals surface area contributed by atoms with Gasteiger partial charge in [0.25, 0.3) is 0 Å². The van der Waals surface area contributed by atoms with Gasteiger partial charge in [-0.2, -0.15) is 0 Å². The van der Waals surface area contributed by atoms with Crippen molar-refractivity contribution in [2.24, 2.45) is 0 Å². The smallest absolute Gasteiger partial charge is 0.466 e. The van der Waals surface area contributed by atoms with Gasteiger partial charge in [0.15, 0.2) is 12.4 Å². The first-order valence-corrected chi connectivity index (χ1v) is 12.2. The van der Waals surface area contributed by atoms with E-state index in [2.05, 4.69) is 42.1 Å². The summed E-state index contributed by atoms with van der Waals surface area (Å²) >= 11 is 0. The molecule has 0 bridgehead atoms. The van der Waals surface area contributed by atoms with Crippen LogP contribution in [0.25, 0.3) is 0 Å². The van der Waals surface area contributed by atoms with E-state index in [1.165, 1.54) is 96.4 Å². The van der Waals surface area contributed by atoms with Gasteiger partial charge in [0.05, 0.1) is 0 Å². The second kappa shape index (κ2) is 21.3. The summed E-state index contributed by atoms with van der Waals surface area (Å²) in [7, 11) is -4.64. The first-order valence-electron chi connectivity index (χ1n) is 10.7. The van der Waals surface area contributed by atoms with E-state index in [0.29, 0.717) is 0 Å². The zero-order valence-electron chi connectivity index (χ0n) is 17.5. The lowest BCUT2D eigenvalue weighted by atomic mass is 10.0. The largest absolute Gasteiger partial charge is 1.00 e. The molecule has 0 amide bonds. The number of rotatable bonds is 15. The molecule has 1 aromatic rings. The van der Waals surface area contributed by atoms with E-state index in [4.69, 9.17) is 19.2 Å². The van der Waals surface area contributed by atoms with Crippen LogP contribution in [0.3, 0.4) is 0 Å². The summed E-state index contributed by atoms with van der Waals surface area (Å²) in [5, 5.41) is 0. The van der Waals surface area contributed by atoms with E-state index in [9.17, 15) is 0 Å². The Balaban J connectivity index is 0. The molecule has 1 aromatic heterocycles. The fourth-order valence-electron chi connectivity index (χ4n) is 3.07. The zero-order chi connectivity index (χ0) is 20.2. The van der Waals surface area contributed by atoms with Gasteiger partial charge < -0.3 is 27.1 Å². The molecule has 0 aromatic carbocycles. The molecule has 0 aliphatic rings. The molecular formula is C21H41ClNO4P. The highest BCUT2D eigenvalue weighted by Crippen LogP contribution is 2.25. The molecule has 7 heteroatoms. The van der Waals surface area contributed by atoms with Gasteiger partial charge in [0, 0.05) is 18.6 Å². The second-order valence-electron chi connectivity index (χ2n) is 7.22. The Labute approximate surface area is 178 Å². The van der Waals surface area contributed by atoms with Gasteiger partial charge in [-0.3, -0.25) is 0 Å². The van der Waals surface area contributed by atoms with E-state index in [1.54, 1.807) is 0 Å². The first kappa shape index (κ1) is 29.7. The topological polar surface area (TPSA) is 81.6 Å². The quantitative estimate of drug-likeness (QED) is 0.224. The molecule has 0 atom stereocenters. The van der Waals surface area contributed by atoms with Gasteiger partial charge in [-0.1, -0.05) is 90.0 Å². The normalized spacial score (nSPS) is 10.7. The average Bonchev–Trinajstić information content (AvgIpc) is 2.61. The molecule has 0 aliphatic carbocycles. The lowest BCUT2D eigenvalue weighted by molar-refractivity contribution is -0.697. The van der Waals surface area contributed by atoms with Crippen molar-refractivity contribution in [3.05, 3.63) is 30.6 Å². The van der Waals surface area contributed by atoms with E-state index >= 15 is 0 Å². The molecule has 1 heterocycles. The van der Waals surface area contributed by atoms with Crippen molar-refractivity contribution in [3.8, 4) is 0 Å². The Hall–Kier alpha value is -0.450. The van der Waals surface area contributed by atoms with Gasteiger partial charge in [0.1, 0.15) is 6.54 Å².